The topological polar surface area (TPSA) is 52.3 Å². The lowest BCUT2D eigenvalue weighted by molar-refractivity contribution is -0.135. The van der Waals surface area contributed by atoms with E-state index in [-0.39, 0.29) is 25.2 Å². The zero-order chi connectivity index (χ0) is 16.9. The van der Waals surface area contributed by atoms with Gasteiger partial charge in [-0.2, -0.15) is 13.2 Å². The Bertz CT molecular complexity index is 650. The van der Waals surface area contributed by atoms with E-state index in [0.717, 1.165) is 5.56 Å². The van der Waals surface area contributed by atoms with Gasteiger partial charge in [0.1, 0.15) is 0 Å². The van der Waals surface area contributed by atoms with E-state index in [1.165, 1.54) is 0 Å². The fourth-order valence-corrected chi connectivity index (χ4v) is 1.95. The van der Waals surface area contributed by atoms with Crippen molar-refractivity contribution in [3.63, 3.8) is 0 Å². The molecule has 0 amide bonds. The van der Waals surface area contributed by atoms with E-state index < -0.39 is 18.6 Å². The van der Waals surface area contributed by atoms with Crippen LogP contribution in [0, 0.1) is 6.92 Å². The van der Waals surface area contributed by atoms with Crippen LogP contribution in [0.2, 0.25) is 0 Å². The van der Waals surface area contributed by atoms with E-state index in [1.54, 1.807) is 19.1 Å². The maximum absolute atomic E-state index is 12.0. The molecule has 0 atom stereocenters. The van der Waals surface area contributed by atoms with Gasteiger partial charge in [-0.3, -0.25) is 0 Å². The average molecular weight is 327 g/mol. The lowest BCUT2D eigenvalue weighted by Crippen LogP contribution is -2.09. The molecule has 0 saturated heterocycles. The molecule has 124 valence electrons. The van der Waals surface area contributed by atoms with Gasteiger partial charge >= 0.3 is 12.1 Å². The summed E-state index contributed by atoms with van der Waals surface area (Å²) in [7, 11) is 0. The van der Waals surface area contributed by atoms with Crippen molar-refractivity contribution in [2.75, 3.05) is 6.61 Å². The van der Waals surface area contributed by atoms with Crippen LogP contribution in [0.25, 0.3) is 11.5 Å². The third-order valence-electron chi connectivity index (χ3n) is 3.09. The molecule has 2 aromatic rings. The lowest BCUT2D eigenvalue weighted by atomic mass is 10.2. The molecule has 2 rings (SSSR count). The number of unbranched alkanes of at least 4 members (excludes halogenated alkanes) is 1. The quantitative estimate of drug-likeness (QED) is 0.577. The molecule has 0 N–H and O–H groups in total. The summed E-state index contributed by atoms with van der Waals surface area (Å²) < 4.78 is 46.3. The standard InChI is InChI=1S/C16H16F3NO3/c1-11-13(15(21)22-10-6-5-9-16(17,18)19)23-14(20-11)12-7-3-2-4-8-12/h2-4,7-8H,5-6,9-10H2,1H3. The highest BCUT2D eigenvalue weighted by atomic mass is 19.4. The van der Waals surface area contributed by atoms with Gasteiger partial charge in [0.25, 0.3) is 0 Å². The molecule has 7 heteroatoms. The summed E-state index contributed by atoms with van der Waals surface area (Å²) in [5.74, 6) is -0.448. The number of benzene rings is 1. The second-order valence-electron chi connectivity index (χ2n) is 5.01. The molecule has 0 fully saturated rings. The second-order valence-corrected chi connectivity index (χ2v) is 5.01. The third-order valence-corrected chi connectivity index (χ3v) is 3.09. The number of carbonyl (C=O) groups excluding carboxylic acids is 1. The normalized spacial score (nSPS) is 11.5. The average Bonchev–Trinajstić information content (AvgIpc) is 2.88. The van der Waals surface area contributed by atoms with Crippen LogP contribution in [-0.4, -0.2) is 23.7 Å². The summed E-state index contributed by atoms with van der Waals surface area (Å²) in [5, 5.41) is 0. The Hall–Kier alpha value is -2.31. The molecule has 1 aromatic heterocycles. The van der Waals surface area contributed by atoms with Gasteiger partial charge in [-0.1, -0.05) is 18.2 Å². The van der Waals surface area contributed by atoms with Crippen LogP contribution in [0.1, 0.15) is 35.5 Å². The number of hydrogen-bond acceptors (Lipinski definition) is 4. The molecule has 23 heavy (non-hydrogen) atoms. The number of aryl methyl sites for hydroxylation is 1. The Morgan fingerprint density at radius 2 is 1.91 bits per heavy atom. The predicted octanol–water partition coefficient (Wildman–Crippen LogP) is 4.54. The zero-order valence-electron chi connectivity index (χ0n) is 12.5. The number of hydrogen-bond donors (Lipinski definition) is 0. The monoisotopic (exact) mass is 327 g/mol. The third kappa shape index (κ3) is 5.12. The number of nitrogens with zero attached hydrogens (tertiary/aromatic N) is 1. The van der Waals surface area contributed by atoms with E-state index in [2.05, 4.69) is 4.98 Å². The predicted molar refractivity (Wildman–Crippen MR) is 76.9 cm³/mol. The van der Waals surface area contributed by atoms with Crippen molar-refractivity contribution >= 4 is 5.97 Å². The molecule has 0 aliphatic rings. The zero-order valence-corrected chi connectivity index (χ0v) is 12.5. The Kier molecular flexibility index (Phi) is 5.41. The number of carbonyl (C=O) groups is 1. The van der Waals surface area contributed by atoms with E-state index in [1.807, 2.05) is 18.2 Å². The van der Waals surface area contributed by atoms with Crippen LogP contribution in [0.5, 0.6) is 0 Å². The molecule has 0 aliphatic heterocycles. The van der Waals surface area contributed by atoms with Crippen molar-refractivity contribution in [1.82, 2.24) is 4.98 Å². The molecule has 1 aromatic carbocycles. The van der Waals surface area contributed by atoms with Crippen LogP contribution in [0.3, 0.4) is 0 Å². The summed E-state index contributed by atoms with van der Waals surface area (Å²) in [5.41, 5.74) is 1.10. The Morgan fingerprint density at radius 1 is 1.22 bits per heavy atom. The molecular formula is C16H16F3NO3. The minimum absolute atomic E-state index is 0.0281. The van der Waals surface area contributed by atoms with Crippen molar-refractivity contribution in [2.45, 2.75) is 32.4 Å². The Balaban J connectivity index is 1.89. The van der Waals surface area contributed by atoms with Crippen LogP contribution in [0.4, 0.5) is 13.2 Å². The first-order valence-electron chi connectivity index (χ1n) is 7.13. The summed E-state index contributed by atoms with van der Waals surface area (Å²) in [4.78, 5) is 16.1. The number of alkyl halides is 3. The van der Waals surface area contributed by atoms with Crippen molar-refractivity contribution < 1.29 is 27.1 Å². The van der Waals surface area contributed by atoms with Crippen LogP contribution in [0.15, 0.2) is 34.7 Å². The summed E-state index contributed by atoms with van der Waals surface area (Å²) >= 11 is 0. The Morgan fingerprint density at radius 3 is 2.57 bits per heavy atom. The van der Waals surface area contributed by atoms with Gasteiger partial charge in [-0.15, -0.1) is 0 Å². The molecule has 0 radical (unpaired) electrons. The van der Waals surface area contributed by atoms with Gasteiger partial charge < -0.3 is 9.15 Å². The molecular weight excluding hydrogens is 311 g/mol. The lowest BCUT2D eigenvalue weighted by Gasteiger charge is -2.06. The first-order chi connectivity index (χ1) is 10.9. The highest BCUT2D eigenvalue weighted by Gasteiger charge is 2.26. The summed E-state index contributed by atoms with van der Waals surface area (Å²) in [6.45, 7) is 1.52. The SMILES string of the molecule is Cc1nc(-c2ccccc2)oc1C(=O)OCCCCC(F)(F)F. The van der Waals surface area contributed by atoms with Crippen LogP contribution < -0.4 is 0 Å². The van der Waals surface area contributed by atoms with E-state index in [0.29, 0.717) is 11.6 Å². The van der Waals surface area contributed by atoms with Gasteiger partial charge in [0.05, 0.1) is 12.3 Å². The highest BCUT2D eigenvalue weighted by Crippen LogP contribution is 2.23. The largest absolute Gasteiger partial charge is 0.460 e. The van der Waals surface area contributed by atoms with E-state index >= 15 is 0 Å². The van der Waals surface area contributed by atoms with Crippen molar-refractivity contribution in [2.24, 2.45) is 0 Å². The second kappa shape index (κ2) is 7.30. The fraction of sp³-hybridized carbons (Fsp3) is 0.375. The molecule has 0 bridgehead atoms. The maximum Gasteiger partial charge on any atom is 0.389 e. The van der Waals surface area contributed by atoms with E-state index in [4.69, 9.17) is 9.15 Å². The fourth-order valence-electron chi connectivity index (χ4n) is 1.95. The summed E-state index contributed by atoms with van der Waals surface area (Å²) in [6, 6.07) is 9.05. The van der Waals surface area contributed by atoms with Crippen LogP contribution >= 0.6 is 0 Å². The van der Waals surface area contributed by atoms with Crippen LogP contribution in [-0.2, 0) is 4.74 Å². The van der Waals surface area contributed by atoms with Gasteiger partial charge in [0.2, 0.25) is 11.7 Å². The molecule has 0 saturated carbocycles. The number of rotatable bonds is 6. The number of oxazole rings is 1. The van der Waals surface area contributed by atoms with E-state index in [9.17, 15) is 18.0 Å². The molecule has 4 nitrogen and oxygen atoms in total. The minimum Gasteiger partial charge on any atom is -0.460 e. The van der Waals surface area contributed by atoms with Gasteiger partial charge in [-0.25, -0.2) is 9.78 Å². The maximum atomic E-state index is 12.0. The minimum atomic E-state index is -4.18. The first-order valence-corrected chi connectivity index (χ1v) is 7.13. The molecule has 0 unspecified atom stereocenters. The Labute approximate surface area is 131 Å². The first kappa shape index (κ1) is 17.1. The summed E-state index contributed by atoms with van der Waals surface area (Å²) in [6.07, 6.45) is -5.01. The van der Waals surface area contributed by atoms with Crippen molar-refractivity contribution in [3.05, 3.63) is 41.8 Å². The number of esters is 1. The molecule has 0 aliphatic carbocycles. The molecule has 0 spiro atoms. The number of ether oxygens (including phenoxy) is 1. The van der Waals surface area contributed by atoms with Crippen molar-refractivity contribution in [1.29, 1.82) is 0 Å². The molecule has 1 heterocycles. The number of halogens is 3. The van der Waals surface area contributed by atoms with Gasteiger partial charge in [0, 0.05) is 12.0 Å². The smallest absolute Gasteiger partial charge is 0.389 e. The highest BCUT2D eigenvalue weighted by molar-refractivity contribution is 5.87. The number of aromatic nitrogens is 1. The van der Waals surface area contributed by atoms with Gasteiger partial charge in [0.15, 0.2) is 0 Å². The van der Waals surface area contributed by atoms with Gasteiger partial charge in [-0.05, 0) is 31.9 Å². The van der Waals surface area contributed by atoms with Crippen molar-refractivity contribution in [3.8, 4) is 11.5 Å².